The fourth-order valence-electron chi connectivity index (χ4n) is 0.614. The molecule has 0 radical (unpaired) electrons. The summed E-state index contributed by atoms with van der Waals surface area (Å²) in [5.41, 5.74) is 1.48. The van der Waals surface area contributed by atoms with E-state index in [2.05, 4.69) is 30.3 Å². The van der Waals surface area contributed by atoms with Crippen LogP contribution in [0.3, 0.4) is 0 Å². The van der Waals surface area contributed by atoms with Crippen molar-refractivity contribution in [2.75, 3.05) is 0 Å². The second kappa shape index (κ2) is 3.19. The van der Waals surface area contributed by atoms with E-state index in [1.165, 1.54) is 9.69 Å². The molecule has 1 rings (SSSR count). The summed E-state index contributed by atoms with van der Waals surface area (Å²) in [6.07, 6.45) is 0. The minimum atomic E-state index is 1.10. The molecule has 0 aliphatic carbocycles. The molecular weight excluding hydrogens is 293 g/mol. The monoisotopic (exact) mass is 302 g/mol. The van der Waals surface area contributed by atoms with Crippen LogP contribution in [0.5, 0.6) is 0 Å². The average molecular weight is 302 g/mol. The molecule has 0 saturated carbocycles. The molecule has 0 N–H and O–H groups in total. The van der Waals surface area contributed by atoms with Gasteiger partial charge in [-0.2, -0.15) is 0 Å². The van der Waals surface area contributed by atoms with Crippen molar-refractivity contribution in [2.24, 2.45) is 0 Å². The number of rotatable bonds is 1. The van der Waals surface area contributed by atoms with Gasteiger partial charge in [0.1, 0.15) is 0 Å². The minimum absolute atomic E-state index is 1.10. The van der Waals surface area contributed by atoms with Crippen molar-refractivity contribution < 1.29 is 0 Å². The summed E-state index contributed by atoms with van der Waals surface area (Å²) >= 11 is 1.10. The van der Waals surface area contributed by atoms with Crippen molar-refractivity contribution in [2.45, 2.75) is 4.13 Å². The number of hydrogen-bond donors (Lipinski definition) is 0. The molecule has 0 amide bonds. The van der Waals surface area contributed by atoms with Crippen LogP contribution in [0, 0.1) is 0 Å². The normalized spacial score (nSPS) is 9.12. The van der Waals surface area contributed by atoms with Crippen molar-refractivity contribution in [1.82, 2.24) is 0 Å². The summed E-state index contributed by atoms with van der Waals surface area (Å²) in [7, 11) is 0. The standard InChI is InChI=1S/C7H7.Bi.2H/c1-7-5-3-2-4-6-7;;;/h2-6H,1H2;;;. The summed E-state index contributed by atoms with van der Waals surface area (Å²) in [5.74, 6) is 0. The molecule has 0 aliphatic heterocycles. The third-order valence-corrected chi connectivity index (χ3v) is 2.91. The summed E-state index contributed by atoms with van der Waals surface area (Å²) in [6.45, 7) is 0. The van der Waals surface area contributed by atoms with Crippen LogP contribution in [-0.2, 0) is 4.13 Å². The molecule has 0 spiro atoms. The van der Waals surface area contributed by atoms with Crippen molar-refractivity contribution in [3.05, 3.63) is 35.9 Å². The SMILES string of the molecule is [BiH2][CH2]c1ccccc1. The molecule has 42 valence electrons. The maximum absolute atomic E-state index is 2.18. The van der Waals surface area contributed by atoms with Gasteiger partial charge in [-0.1, -0.05) is 0 Å². The van der Waals surface area contributed by atoms with Crippen molar-refractivity contribution in [3.63, 3.8) is 0 Å². The van der Waals surface area contributed by atoms with Crippen LogP contribution >= 0.6 is 0 Å². The van der Waals surface area contributed by atoms with E-state index in [9.17, 15) is 0 Å². The summed E-state index contributed by atoms with van der Waals surface area (Å²) < 4.78 is 1.31. The van der Waals surface area contributed by atoms with Crippen LogP contribution in [0.15, 0.2) is 30.3 Å². The zero-order valence-electron chi connectivity index (χ0n) is 4.67. The second-order valence-electron chi connectivity index (χ2n) is 1.69. The molecule has 0 heterocycles. The molecule has 8 heavy (non-hydrogen) atoms. The molecule has 0 atom stereocenters. The summed E-state index contributed by atoms with van der Waals surface area (Å²) in [4.78, 5) is 0. The van der Waals surface area contributed by atoms with Gasteiger partial charge in [0.2, 0.25) is 0 Å². The first-order valence-corrected chi connectivity index (χ1v) is 5.85. The maximum atomic E-state index is 2.18. The predicted octanol–water partition coefficient (Wildman–Crippen LogP) is 0.820. The predicted molar refractivity (Wildman–Crippen MR) is 38.7 cm³/mol. The molecule has 0 unspecified atom stereocenters. The molecule has 0 fully saturated rings. The Labute approximate surface area is 64.8 Å². The average Bonchev–Trinajstić information content (AvgIpc) is 1.90. The number of hydrogen-bond acceptors (Lipinski definition) is 0. The molecule has 1 aromatic rings. The molecule has 1 heteroatoms. The van der Waals surface area contributed by atoms with E-state index in [1.807, 2.05) is 0 Å². The van der Waals surface area contributed by atoms with Gasteiger partial charge in [-0.15, -0.1) is 0 Å². The van der Waals surface area contributed by atoms with Crippen LogP contribution in [-0.4, -0.2) is 24.7 Å². The van der Waals surface area contributed by atoms with Crippen molar-refractivity contribution in [1.29, 1.82) is 0 Å². The summed E-state index contributed by atoms with van der Waals surface area (Å²) in [5, 5.41) is 0. The van der Waals surface area contributed by atoms with Crippen LogP contribution < -0.4 is 0 Å². The molecule has 0 aliphatic rings. The van der Waals surface area contributed by atoms with Crippen LogP contribution in [0.1, 0.15) is 5.56 Å². The van der Waals surface area contributed by atoms with Gasteiger partial charge in [0, 0.05) is 0 Å². The van der Waals surface area contributed by atoms with E-state index in [0.29, 0.717) is 0 Å². The fourth-order valence-corrected chi connectivity index (χ4v) is 1.67. The first kappa shape index (κ1) is 6.23. The van der Waals surface area contributed by atoms with Gasteiger partial charge in [0.15, 0.2) is 0 Å². The first-order chi connectivity index (χ1) is 3.93. The molecular formula is C7H9Bi. The van der Waals surface area contributed by atoms with Gasteiger partial charge in [0.25, 0.3) is 0 Å². The third-order valence-electron chi connectivity index (χ3n) is 1.08. The van der Waals surface area contributed by atoms with Gasteiger partial charge in [-0.3, -0.25) is 0 Å². The van der Waals surface area contributed by atoms with E-state index < -0.39 is 0 Å². The molecule has 0 aromatic heterocycles. The summed E-state index contributed by atoms with van der Waals surface area (Å²) in [6, 6.07) is 10.6. The van der Waals surface area contributed by atoms with E-state index in [4.69, 9.17) is 0 Å². The Kier molecular flexibility index (Phi) is 2.49. The van der Waals surface area contributed by atoms with Gasteiger partial charge in [-0.05, 0) is 0 Å². The van der Waals surface area contributed by atoms with Crippen molar-refractivity contribution in [3.8, 4) is 0 Å². The van der Waals surface area contributed by atoms with E-state index in [-0.39, 0.29) is 0 Å². The van der Waals surface area contributed by atoms with Crippen LogP contribution in [0.2, 0.25) is 0 Å². The van der Waals surface area contributed by atoms with Gasteiger partial charge >= 0.3 is 64.7 Å². The zero-order valence-corrected chi connectivity index (χ0v) is 9.16. The Hall–Kier alpha value is 0.103. The zero-order chi connectivity index (χ0) is 5.82. The second-order valence-corrected chi connectivity index (χ2v) is 3.28. The topological polar surface area (TPSA) is 0 Å². The van der Waals surface area contributed by atoms with Crippen molar-refractivity contribution >= 4 is 24.7 Å². The van der Waals surface area contributed by atoms with Gasteiger partial charge in [-0.25, -0.2) is 0 Å². The molecule has 0 saturated heterocycles. The Morgan fingerprint density at radius 2 is 1.75 bits per heavy atom. The molecule has 0 nitrogen and oxygen atoms in total. The fraction of sp³-hybridized carbons (Fsp3) is 0.143. The van der Waals surface area contributed by atoms with E-state index >= 15 is 0 Å². The van der Waals surface area contributed by atoms with E-state index in [0.717, 1.165) is 24.7 Å². The molecule has 0 bridgehead atoms. The van der Waals surface area contributed by atoms with Gasteiger partial charge < -0.3 is 0 Å². The Bertz CT molecular complexity index is 146. The van der Waals surface area contributed by atoms with E-state index in [1.54, 1.807) is 0 Å². The number of benzene rings is 1. The first-order valence-electron chi connectivity index (χ1n) is 2.67. The van der Waals surface area contributed by atoms with Gasteiger partial charge in [0.05, 0.1) is 0 Å². The quantitative estimate of drug-likeness (QED) is 0.674. The van der Waals surface area contributed by atoms with Crippen LogP contribution in [0.4, 0.5) is 0 Å². The molecule has 1 aromatic carbocycles. The Morgan fingerprint density at radius 3 is 2.12 bits per heavy atom. The van der Waals surface area contributed by atoms with Crippen LogP contribution in [0.25, 0.3) is 0 Å². The Balaban J connectivity index is 2.83. The third kappa shape index (κ3) is 1.56. The Morgan fingerprint density at radius 1 is 1.12 bits per heavy atom.